The molecule has 0 unspecified atom stereocenters. The molecule has 0 atom stereocenters. The molecule has 2 rings (SSSR count). The standard InChI is InChI=1S/C13H14FNO2/c14-8-10-3-4-12(17)11(7-10)13(15-9-16)5-1-2-6-13/h3-4,7,17H,1-2,5-6,8H2. The van der Waals surface area contributed by atoms with E-state index in [1.165, 1.54) is 12.1 Å². The molecule has 0 spiro atoms. The first kappa shape index (κ1) is 11.8. The number of aromatic hydroxyl groups is 1. The minimum atomic E-state index is -0.697. The highest BCUT2D eigenvalue weighted by Gasteiger charge is 2.37. The zero-order chi connectivity index (χ0) is 12.3. The fourth-order valence-electron chi connectivity index (χ4n) is 2.53. The summed E-state index contributed by atoms with van der Waals surface area (Å²) in [5.74, 6) is 0.0723. The second-order valence-corrected chi connectivity index (χ2v) is 4.43. The van der Waals surface area contributed by atoms with Crippen LogP contribution in [0.1, 0.15) is 36.8 Å². The van der Waals surface area contributed by atoms with E-state index in [2.05, 4.69) is 4.99 Å². The topological polar surface area (TPSA) is 49.7 Å². The molecule has 0 amide bonds. The van der Waals surface area contributed by atoms with Crippen LogP contribution in [0, 0.1) is 0 Å². The Morgan fingerprint density at radius 1 is 1.41 bits per heavy atom. The Kier molecular flexibility index (Phi) is 3.25. The molecule has 1 aromatic carbocycles. The average molecular weight is 235 g/mol. The van der Waals surface area contributed by atoms with Crippen molar-refractivity contribution in [3.05, 3.63) is 29.3 Å². The average Bonchev–Trinajstić information content (AvgIpc) is 2.80. The number of alkyl halides is 1. The summed E-state index contributed by atoms with van der Waals surface area (Å²) in [5.41, 5.74) is 0.343. The number of carbonyl (C=O) groups excluding carboxylic acids is 1. The van der Waals surface area contributed by atoms with Gasteiger partial charge in [0.25, 0.3) is 0 Å². The van der Waals surface area contributed by atoms with E-state index in [0.717, 1.165) is 12.8 Å². The first-order chi connectivity index (χ1) is 8.22. The van der Waals surface area contributed by atoms with Crippen molar-refractivity contribution in [2.24, 2.45) is 4.99 Å². The molecule has 3 nitrogen and oxygen atoms in total. The molecule has 0 aliphatic heterocycles. The number of halogens is 1. The van der Waals surface area contributed by atoms with Crippen molar-refractivity contribution in [1.29, 1.82) is 0 Å². The van der Waals surface area contributed by atoms with Gasteiger partial charge in [0.15, 0.2) is 0 Å². The van der Waals surface area contributed by atoms with Gasteiger partial charge >= 0.3 is 0 Å². The summed E-state index contributed by atoms with van der Waals surface area (Å²) in [6.45, 7) is -0.589. The van der Waals surface area contributed by atoms with Gasteiger partial charge in [-0.3, -0.25) is 0 Å². The van der Waals surface area contributed by atoms with Crippen LogP contribution in [0.5, 0.6) is 5.75 Å². The molecule has 1 N–H and O–H groups in total. The molecule has 0 aromatic heterocycles. The van der Waals surface area contributed by atoms with Crippen molar-refractivity contribution in [3.63, 3.8) is 0 Å². The molecule has 1 aromatic rings. The first-order valence-electron chi connectivity index (χ1n) is 5.69. The van der Waals surface area contributed by atoms with Gasteiger partial charge in [-0.05, 0) is 30.5 Å². The third kappa shape index (κ3) is 2.08. The van der Waals surface area contributed by atoms with Gasteiger partial charge in [-0.1, -0.05) is 18.9 Å². The van der Waals surface area contributed by atoms with E-state index in [-0.39, 0.29) is 5.75 Å². The molecule has 0 heterocycles. The summed E-state index contributed by atoms with van der Waals surface area (Å²) in [7, 11) is 0. The maximum atomic E-state index is 12.6. The van der Waals surface area contributed by atoms with Gasteiger partial charge in [-0.2, -0.15) is 4.99 Å². The van der Waals surface area contributed by atoms with Crippen LogP contribution in [0.15, 0.2) is 23.2 Å². The van der Waals surface area contributed by atoms with Gasteiger partial charge in [0.2, 0.25) is 6.08 Å². The Labute approximate surface area is 99.0 Å². The van der Waals surface area contributed by atoms with E-state index >= 15 is 0 Å². The van der Waals surface area contributed by atoms with Gasteiger partial charge in [-0.25, -0.2) is 9.18 Å². The predicted molar refractivity (Wildman–Crippen MR) is 61.2 cm³/mol. The number of phenols is 1. The fourth-order valence-corrected chi connectivity index (χ4v) is 2.53. The minimum Gasteiger partial charge on any atom is -0.508 e. The second-order valence-electron chi connectivity index (χ2n) is 4.43. The van der Waals surface area contributed by atoms with Crippen molar-refractivity contribution >= 4 is 6.08 Å². The van der Waals surface area contributed by atoms with Gasteiger partial charge in [0, 0.05) is 5.56 Å². The van der Waals surface area contributed by atoms with Crippen molar-refractivity contribution in [2.75, 3.05) is 0 Å². The molecule has 0 radical (unpaired) electrons. The maximum Gasteiger partial charge on any atom is 0.235 e. The Hall–Kier alpha value is -1.67. The monoisotopic (exact) mass is 235 g/mol. The number of nitrogens with zero attached hydrogens (tertiary/aromatic N) is 1. The molecular formula is C13H14FNO2. The number of rotatable bonds is 3. The highest BCUT2D eigenvalue weighted by molar-refractivity contribution is 5.45. The lowest BCUT2D eigenvalue weighted by molar-refractivity contribution is 0.406. The smallest absolute Gasteiger partial charge is 0.235 e. The number of hydrogen-bond acceptors (Lipinski definition) is 3. The van der Waals surface area contributed by atoms with Crippen LogP contribution in [-0.2, 0) is 17.0 Å². The van der Waals surface area contributed by atoms with Crippen LogP contribution in [0.4, 0.5) is 4.39 Å². The lowest BCUT2D eigenvalue weighted by Gasteiger charge is -2.24. The largest absolute Gasteiger partial charge is 0.508 e. The van der Waals surface area contributed by atoms with E-state index < -0.39 is 12.2 Å². The second kappa shape index (κ2) is 4.68. The molecule has 4 heteroatoms. The van der Waals surface area contributed by atoms with Gasteiger partial charge in [-0.15, -0.1) is 0 Å². The van der Waals surface area contributed by atoms with Crippen LogP contribution in [0.3, 0.4) is 0 Å². The lowest BCUT2D eigenvalue weighted by atomic mass is 9.87. The molecule has 90 valence electrons. The van der Waals surface area contributed by atoms with Gasteiger partial charge < -0.3 is 5.11 Å². The maximum absolute atomic E-state index is 12.6. The lowest BCUT2D eigenvalue weighted by Crippen LogP contribution is -2.19. The highest BCUT2D eigenvalue weighted by Crippen LogP contribution is 2.45. The van der Waals surface area contributed by atoms with Crippen LogP contribution >= 0.6 is 0 Å². The number of phenolic OH excluding ortho intramolecular Hbond substituents is 1. The Bertz CT molecular complexity index is 460. The first-order valence-corrected chi connectivity index (χ1v) is 5.69. The molecule has 17 heavy (non-hydrogen) atoms. The summed E-state index contributed by atoms with van der Waals surface area (Å²) in [6.07, 6.45) is 4.88. The van der Waals surface area contributed by atoms with Crippen molar-refractivity contribution in [3.8, 4) is 5.75 Å². The van der Waals surface area contributed by atoms with Gasteiger partial charge in [0.05, 0.1) is 0 Å². The zero-order valence-electron chi connectivity index (χ0n) is 9.45. The molecule has 1 aliphatic carbocycles. The summed E-state index contributed by atoms with van der Waals surface area (Å²) in [6, 6.07) is 4.60. The minimum absolute atomic E-state index is 0.0723. The number of benzene rings is 1. The normalized spacial score (nSPS) is 17.7. The van der Waals surface area contributed by atoms with Crippen LogP contribution in [0.25, 0.3) is 0 Å². The molecule has 1 aliphatic rings. The van der Waals surface area contributed by atoms with Crippen LogP contribution in [-0.4, -0.2) is 11.2 Å². The van der Waals surface area contributed by atoms with Crippen LogP contribution < -0.4 is 0 Å². The van der Waals surface area contributed by atoms with E-state index in [4.69, 9.17) is 0 Å². The van der Waals surface area contributed by atoms with Crippen molar-refractivity contribution in [2.45, 2.75) is 37.9 Å². The predicted octanol–water partition coefficient (Wildman–Crippen LogP) is 2.97. The summed E-state index contributed by atoms with van der Waals surface area (Å²) < 4.78 is 12.6. The SMILES string of the molecule is O=C=NC1(c2cc(CF)ccc2O)CCCC1. The fraction of sp³-hybridized carbons (Fsp3) is 0.462. The summed E-state index contributed by atoms with van der Waals surface area (Å²) in [4.78, 5) is 14.4. The molecule has 0 bridgehead atoms. The quantitative estimate of drug-likeness (QED) is 0.646. The number of isocyanates is 1. The van der Waals surface area contributed by atoms with E-state index in [0.29, 0.717) is 24.0 Å². The van der Waals surface area contributed by atoms with Crippen molar-refractivity contribution < 1.29 is 14.3 Å². The number of aliphatic imine (C=N–C) groups is 1. The summed E-state index contributed by atoms with van der Waals surface area (Å²) >= 11 is 0. The molecular weight excluding hydrogens is 221 g/mol. The third-order valence-corrected chi connectivity index (χ3v) is 3.41. The number of hydrogen-bond donors (Lipinski definition) is 1. The Morgan fingerprint density at radius 2 is 2.12 bits per heavy atom. The molecule has 0 saturated heterocycles. The van der Waals surface area contributed by atoms with Crippen molar-refractivity contribution in [1.82, 2.24) is 0 Å². The molecule has 1 saturated carbocycles. The van der Waals surface area contributed by atoms with Crippen LogP contribution in [0.2, 0.25) is 0 Å². The Morgan fingerprint density at radius 3 is 2.71 bits per heavy atom. The summed E-state index contributed by atoms with van der Waals surface area (Å²) in [5, 5.41) is 9.87. The van der Waals surface area contributed by atoms with Gasteiger partial charge in [0.1, 0.15) is 18.0 Å². The zero-order valence-corrected chi connectivity index (χ0v) is 9.45. The van der Waals surface area contributed by atoms with E-state index in [9.17, 15) is 14.3 Å². The molecule has 1 fully saturated rings. The third-order valence-electron chi connectivity index (χ3n) is 3.41. The highest BCUT2D eigenvalue weighted by atomic mass is 19.1. The Balaban J connectivity index is 2.52. The van der Waals surface area contributed by atoms with E-state index in [1.807, 2.05) is 0 Å². The van der Waals surface area contributed by atoms with E-state index in [1.54, 1.807) is 12.1 Å².